The number of carbonyl (C=O) groups excluding carboxylic acids is 2. The van der Waals surface area contributed by atoms with Gasteiger partial charge in [-0.25, -0.2) is 0 Å². The number of amides is 2. The maximum Gasteiger partial charge on any atom is 0.305 e. The Morgan fingerprint density at radius 1 is 1.04 bits per heavy atom. The summed E-state index contributed by atoms with van der Waals surface area (Å²) in [5, 5.41) is 13.6. The third-order valence-electron chi connectivity index (χ3n) is 4.17. The van der Waals surface area contributed by atoms with E-state index in [1.54, 1.807) is 11.0 Å². The van der Waals surface area contributed by atoms with E-state index in [0.29, 0.717) is 12.1 Å². The van der Waals surface area contributed by atoms with Crippen molar-refractivity contribution in [3.8, 4) is 0 Å². The number of benzene rings is 2. The third kappa shape index (κ3) is 6.40. The zero-order valence-electron chi connectivity index (χ0n) is 15.8. The van der Waals surface area contributed by atoms with E-state index in [0.717, 1.165) is 10.8 Å². The molecular formula is C21H26N2O4. The lowest BCUT2D eigenvalue weighted by Crippen LogP contribution is -2.38. The Balaban J connectivity index is 1.89. The Labute approximate surface area is 159 Å². The molecule has 0 radical (unpaired) electrons. The van der Waals surface area contributed by atoms with E-state index in [1.165, 1.54) is 0 Å². The van der Waals surface area contributed by atoms with Crippen molar-refractivity contribution in [1.29, 1.82) is 0 Å². The highest BCUT2D eigenvalue weighted by Gasteiger charge is 2.16. The average Bonchev–Trinajstić information content (AvgIpc) is 2.64. The highest BCUT2D eigenvalue weighted by atomic mass is 16.4. The van der Waals surface area contributed by atoms with Gasteiger partial charge in [-0.3, -0.25) is 14.4 Å². The third-order valence-corrected chi connectivity index (χ3v) is 4.17. The van der Waals surface area contributed by atoms with Crippen LogP contribution in [0.2, 0.25) is 0 Å². The van der Waals surface area contributed by atoms with Crippen LogP contribution in [0, 0.1) is 5.92 Å². The molecule has 6 heteroatoms. The first-order valence-electron chi connectivity index (χ1n) is 9.13. The lowest BCUT2D eigenvalue weighted by molar-refractivity contribution is -0.138. The highest BCUT2D eigenvalue weighted by Crippen LogP contribution is 2.15. The molecule has 0 aliphatic carbocycles. The van der Waals surface area contributed by atoms with Crippen LogP contribution in [0.1, 0.15) is 37.0 Å². The minimum Gasteiger partial charge on any atom is -0.481 e. The average molecular weight is 370 g/mol. The summed E-state index contributed by atoms with van der Waals surface area (Å²) in [6, 6.07) is 13.3. The molecule has 0 unspecified atom stereocenters. The van der Waals surface area contributed by atoms with Crippen molar-refractivity contribution in [2.24, 2.45) is 5.92 Å². The number of nitrogens with one attached hydrogen (secondary N) is 1. The number of carboxylic acid groups (broad SMARTS) is 1. The van der Waals surface area contributed by atoms with Crippen LogP contribution in [-0.2, 0) is 9.59 Å². The lowest BCUT2D eigenvalue weighted by atomic mass is 10.1. The van der Waals surface area contributed by atoms with Crippen LogP contribution in [0.3, 0.4) is 0 Å². The first kappa shape index (κ1) is 20.4. The number of rotatable bonds is 9. The molecule has 0 atom stereocenters. The number of fused-ring (bicyclic) bond motifs is 1. The van der Waals surface area contributed by atoms with Gasteiger partial charge in [-0.15, -0.1) is 0 Å². The van der Waals surface area contributed by atoms with Gasteiger partial charge in [0.2, 0.25) is 5.91 Å². The molecule has 0 heterocycles. The molecular weight excluding hydrogens is 344 g/mol. The largest absolute Gasteiger partial charge is 0.481 e. The monoisotopic (exact) mass is 370 g/mol. The van der Waals surface area contributed by atoms with Gasteiger partial charge in [-0.2, -0.15) is 0 Å². The number of carbonyl (C=O) groups is 3. The van der Waals surface area contributed by atoms with Crippen molar-refractivity contribution >= 4 is 28.6 Å². The zero-order chi connectivity index (χ0) is 19.8. The van der Waals surface area contributed by atoms with Crippen molar-refractivity contribution < 1.29 is 19.5 Å². The maximum absolute atomic E-state index is 12.4. The molecule has 2 N–H and O–H groups in total. The minimum atomic E-state index is -0.929. The normalized spacial score (nSPS) is 10.8. The standard InChI is InChI=1S/C21H26N2O4/c1-15(2)14-23(12-10-20(25)26)19(24)9-11-22-21(27)18-8-7-16-5-3-4-6-17(16)13-18/h3-8,13,15H,9-12,14H2,1-2H3,(H,22,27)(H,25,26). The van der Waals surface area contributed by atoms with E-state index in [2.05, 4.69) is 5.32 Å². The fourth-order valence-electron chi connectivity index (χ4n) is 2.86. The SMILES string of the molecule is CC(C)CN(CCC(=O)O)C(=O)CCNC(=O)c1ccc2ccccc2c1. The van der Waals surface area contributed by atoms with E-state index >= 15 is 0 Å². The second-order valence-electron chi connectivity index (χ2n) is 6.95. The van der Waals surface area contributed by atoms with E-state index in [-0.39, 0.29) is 43.7 Å². The summed E-state index contributed by atoms with van der Waals surface area (Å²) in [5.74, 6) is -1.06. The summed E-state index contributed by atoms with van der Waals surface area (Å²) >= 11 is 0. The molecule has 2 amide bonds. The number of nitrogens with zero attached hydrogens (tertiary/aromatic N) is 1. The van der Waals surface area contributed by atoms with Gasteiger partial charge in [0.15, 0.2) is 0 Å². The molecule has 144 valence electrons. The summed E-state index contributed by atoms with van der Waals surface area (Å²) in [7, 11) is 0. The molecule has 0 spiro atoms. The molecule has 2 aromatic rings. The van der Waals surface area contributed by atoms with Crippen LogP contribution < -0.4 is 5.32 Å². The minimum absolute atomic E-state index is 0.0814. The molecule has 2 rings (SSSR count). The second-order valence-corrected chi connectivity index (χ2v) is 6.95. The van der Waals surface area contributed by atoms with Crippen molar-refractivity contribution in [3.63, 3.8) is 0 Å². The van der Waals surface area contributed by atoms with Crippen molar-refractivity contribution in [2.75, 3.05) is 19.6 Å². The quantitative estimate of drug-likeness (QED) is 0.710. The Hall–Kier alpha value is -2.89. The fourth-order valence-corrected chi connectivity index (χ4v) is 2.86. The van der Waals surface area contributed by atoms with Crippen molar-refractivity contribution in [2.45, 2.75) is 26.7 Å². The number of hydrogen-bond acceptors (Lipinski definition) is 3. The maximum atomic E-state index is 12.4. The Bertz CT molecular complexity index is 817. The van der Waals surface area contributed by atoms with Gasteiger partial charge >= 0.3 is 5.97 Å². The Morgan fingerprint density at radius 2 is 1.74 bits per heavy atom. The van der Waals surface area contributed by atoms with Crippen molar-refractivity contribution in [1.82, 2.24) is 10.2 Å². The van der Waals surface area contributed by atoms with Crippen LogP contribution in [0.15, 0.2) is 42.5 Å². The first-order valence-corrected chi connectivity index (χ1v) is 9.13. The molecule has 0 aromatic heterocycles. The smallest absolute Gasteiger partial charge is 0.305 e. The summed E-state index contributed by atoms with van der Waals surface area (Å²) in [5.41, 5.74) is 0.547. The predicted octanol–water partition coefficient (Wildman–Crippen LogP) is 2.92. The van der Waals surface area contributed by atoms with Gasteiger partial charge < -0.3 is 15.3 Å². The van der Waals surface area contributed by atoms with E-state index in [1.807, 2.05) is 50.2 Å². The molecule has 0 saturated carbocycles. The summed E-state index contributed by atoms with van der Waals surface area (Å²) < 4.78 is 0. The molecule has 0 bridgehead atoms. The van der Waals surface area contributed by atoms with Crippen LogP contribution in [0.25, 0.3) is 10.8 Å². The van der Waals surface area contributed by atoms with Gasteiger partial charge in [0.05, 0.1) is 6.42 Å². The molecule has 0 aliphatic rings. The van der Waals surface area contributed by atoms with Crippen molar-refractivity contribution in [3.05, 3.63) is 48.0 Å². The number of hydrogen-bond donors (Lipinski definition) is 2. The van der Waals surface area contributed by atoms with Crippen LogP contribution in [0.5, 0.6) is 0 Å². The summed E-state index contributed by atoms with van der Waals surface area (Å²) in [6.45, 7) is 4.85. The fraction of sp³-hybridized carbons (Fsp3) is 0.381. The van der Waals surface area contributed by atoms with E-state index in [9.17, 15) is 14.4 Å². The highest BCUT2D eigenvalue weighted by molar-refractivity contribution is 5.98. The molecule has 6 nitrogen and oxygen atoms in total. The van der Waals surface area contributed by atoms with Crippen LogP contribution in [0.4, 0.5) is 0 Å². The first-order chi connectivity index (χ1) is 12.9. The lowest BCUT2D eigenvalue weighted by Gasteiger charge is -2.24. The van der Waals surface area contributed by atoms with Gasteiger partial charge in [0, 0.05) is 31.6 Å². The van der Waals surface area contributed by atoms with Gasteiger partial charge in [-0.1, -0.05) is 44.2 Å². The van der Waals surface area contributed by atoms with E-state index in [4.69, 9.17) is 5.11 Å². The van der Waals surface area contributed by atoms with E-state index < -0.39 is 5.97 Å². The topological polar surface area (TPSA) is 86.7 Å². The van der Waals surface area contributed by atoms with Crippen LogP contribution >= 0.6 is 0 Å². The molecule has 0 fully saturated rings. The molecule has 0 aliphatic heterocycles. The van der Waals surface area contributed by atoms with Crippen LogP contribution in [-0.4, -0.2) is 47.4 Å². The molecule has 2 aromatic carbocycles. The Kier molecular flexibility index (Phi) is 7.34. The van der Waals surface area contributed by atoms with Gasteiger partial charge in [-0.05, 0) is 28.8 Å². The summed E-state index contributed by atoms with van der Waals surface area (Å²) in [4.78, 5) is 37.0. The predicted molar refractivity (Wildman–Crippen MR) is 105 cm³/mol. The zero-order valence-corrected chi connectivity index (χ0v) is 15.8. The van der Waals surface area contributed by atoms with Gasteiger partial charge in [0.1, 0.15) is 0 Å². The number of aliphatic carboxylic acids is 1. The number of carboxylic acids is 1. The van der Waals surface area contributed by atoms with Gasteiger partial charge in [0.25, 0.3) is 5.91 Å². The Morgan fingerprint density at radius 3 is 2.41 bits per heavy atom. The second kappa shape index (κ2) is 9.71. The molecule has 27 heavy (non-hydrogen) atoms. The summed E-state index contributed by atoms with van der Waals surface area (Å²) in [6.07, 6.45) is 0.0631. The molecule has 0 saturated heterocycles.